The van der Waals surface area contributed by atoms with Crippen LogP contribution in [0.5, 0.6) is 5.75 Å². The molecule has 0 saturated heterocycles. The summed E-state index contributed by atoms with van der Waals surface area (Å²) in [4.78, 5) is 12.5. The number of anilines is 1. The van der Waals surface area contributed by atoms with Gasteiger partial charge < -0.3 is 19.6 Å². The summed E-state index contributed by atoms with van der Waals surface area (Å²) in [6.07, 6.45) is 0. The number of methoxy groups -OCH3 is 1. The van der Waals surface area contributed by atoms with E-state index in [1.165, 1.54) is 0 Å². The van der Waals surface area contributed by atoms with Gasteiger partial charge >= 0.3 is 0 Å². The summed E-state index contributed by atoms with van der Waals surface area (Å²) >= 11 is 2.19. The standard InChI is InChI=1S/C19H16INO4/c1-24-18-8-4-13(17-9-7-15(11-22)25-17)10-16(18)21-19(23)12-2-5-14(20)6-3-12/h2-10,22H,11H2,1H3,(H,21,23). The molecule has 2 N–H and O–H groups in total. The third kappa shape index (κ3) is 4.02. The molecule has 0 fully saturated rings. The van der Waals surface area contributed by atoms with Crippen LogP contribution in [-0.4, -0.2) is 18.1 Å². The van der Waals surface area contributed by atoms with Gasteiger partial charge in [0.25, 0.3) is 5.91 Å². The summed E-state index contributed by atoms with van der Waals surface area (Å²) in [5, 5.41) is 12.0. The Morgan fingerprint density at radius 3 is 2.56 bits per heavy atom. The summed E-state index contributed by atoms with van der Waals surface area (Å²) in [7, 11) is 1.55. The second-order valence-corrected chi connectivity index (χ2v) is 6.55. The first kappa shape index (κ1) is 17.5. The number of benzene rings is 2. The van der Waals surface area contributed by atoms with Crippen molar-refractivity contribution in [3.8, 4) is 17.1 Å². The molecule has 0 saturated carbocycles. The van der Waals surface area contributed by atoms with Crippen LogP contribution in [0.4, 0.5) is 5.69 Å². The highest BCUT2D eigenvalue weighted by molar-refractivity contribution is 14.1. The molecule has 3 aromatic rings. The van der Waals surface area contributed by atoms with Gasteiger partial charge in [-0.15, -0.1) is 0 Å². The Labute approximate surface area is 158 Å². The van der Waals surface area contributed by atoms with E-state index in [1.54, 1.807) is 43.5 Å². The maximum absolute atomic E-state index is 12.5. The molecule has 0 aliphatic carbocycles. The highest BCUT2D eigenvalue weighted by Crippen LogP contribution is 2.32. The summed E-state index contributed by atoms with van der Waals surface area (Å²) in [5.41, 5.74) is 1.89. The predicted octanol–water partition coefficient (Wildman–Crippen LogP) is 4.30. The van der Waals surface area contributed by atoms with E-state index < -0.39 is 0 Å². The Kier molecular flexibility index (Phi) is 5.40. The van der Waals surface area contributed by atoms with Crippen LogP contribution in [0.3, 0.4) is 0 Å². The van der Waals surface area contributed by atoms with Crippen molar-refractivity contribution in [3.63, 3.8) is 0 Å². The molecule has 128 valence electrons. The number of nitrogens with one attached hydrogen (secondary N) is 1. The Balaban J connectivity index is 1.89. The zero-order valence-electron chi connectivity index (χ0n) is 13.5. The molecule has 0 aliphatic rings. The van der Waals surface area contributed by atoms with E-state index in [-0.39, 0.29) is 12.5 Å². The van der Waals surface area contributed by atoms with Crippen LogP contribution in [0, 0.1) is 3.57 Å². The van der Waals surface area contributed by atoms with E-state index in [1.807, 2.05) is 18.2 Å². The van der Waals surface area contributed by atoms with Gasteiger partial charge in [0.2, 0.25) is 0 Å². The fraction of sp³-hybridized carbons (Fsp3) is 0.105. The topological polar surface area (TPSA) is 71.7 Å². The quantitative estimate of drug-likeness (QED) is 0.570. The molecule has 0 bridgehead atoms. The fourth-order valence-corrected chi connectivity index (χ4v) is 2.73. The minimum Gasteiger partial charge on any atom is -0.495 e. The zero-order chi connectivity index (χ0) is 17.8. The first-order valence-electron chi connectivity index (χ1n) is 7.55. The number of aliphatic hydroxyl groups is 1. The normalized spacial score (nSPS) is 10.5. The smallest absolute Gasteiger partial charge is 0.255 e. The molecule has 0 aliphatic heterocycles. The van der Waals surface area contributed by atoms with Crippen molar-refractivity contribution in [1.82, 2.24) is 0 Å². The molecular weight excluding hydrogens is 433 g/mol. The van der Waals surface area contributed by atoms with E-state index in [2.05, 4.69) is 27.9 Å². The van der Waals surface area contributed by atoms with Gasteiger partial charge in [-0.25, -0.2) is 0 Å². The molecule has 1 aromatic heterocycles. The minimum atomic E-state index is -0.220. The van der Waals surface area contributed by atoms with Crippen LogP contribution in [0.2, 0.25) is 0 Å². The Hall–Kier alpha value is -2.32. The largest absolute Gasteiger partial charge is 0.495 e. The molecule has 0 unspecified atom stereocenters. The van der Waals surface area contributed by atoms with Gasteiger partial charge in [-0.05, 0) is 77.2 Å². The van der Waals surface area contributed by atoms with Crippen LogP contribution in [-0.2, 0) is 6.61 Å². The van der Waals surface area contributed by atoms with Gasteiger partial charge in [-0.1, -0.05) is 0 Å². The number of ether oxygens (including phenoxy) is 1. The highest BCUT2D eigenvalue weighted by atomic mass is 127. The van der Waals surface area contributed by atoms with E-state index in [0.717, 1.165) is 9.13 Å². The number of hydrogen-bond donors (Lipinski definition) is 2. The number of hydrogen-bond acceptors (Lipinski definition) is 4. The number of furan rings is 1. The van der Waals surface area contributed by atoms with E-state index in [0.29, 0.717) is 28.5 Å². The van der Waals surface area contributed by atoms with Crippen LogP contribution in [0.15, 0.2) is 59.0 Å². The average Bonchev–Trinajstić information content (AvgIpc) is 3.11. The molecule has 0 radical (unpaired) electrons. The van der Waals surface area contributed by atoms with Crippen LogP contribution < -0.4 is 10.1 Å². The lowest BCUT2D eigenvalue weighted by molar-refractivity contribution is 0.102. The van der Waals surface area contributed by atoms with Gasteiger partial charge in [0.1, 0.15) is 23.9 Å². The molecule has 0 spiro atoms. The van der Waals surface area contributed by atoms with E-state index >= 15 is 0 Å². The lowest BCUT2D eigenvalue weighted by atomic mass is 10.1. The van der Waals surface area contributed by atoms with E-state index in [9.17, 15) is 4.79 Å². The number of rotatable bonds is 5. The Morgan fingerprint density at radius 2 is 1.92 bits per heavy atom. The van der Waals surface area contributed by atoms with Crippen molar-refractivity contribution < 1.29 is 19.1 Å². The number of carbonyl (C=O) groups excluding carboxylic acids is 1. The molecule has 1 heterocycles. The molecular formula is C19H16INO4. The summed E-state index contributed by atoms with van der Waals surface area (Å²) < 4.78 is 11.9. The van der Waals surface area contributed by atoms with Gasteiger partial charge in [0.05, 0.1) is 12.8 Å². The monoisotopic (exact) mass is 449 g/mol. The van der Waals surface area contributed by atoms with Gasteiger partial charge in [0.15, 0.2) is 0 Å². The second kappa shape index (κ2) is 7.71. The molecule has 3 rings (SSSR count). The maximum Gasteiger partial charge on any atom is 0.255 e. The van der Waals surface area contributed by atoms with E-state index in [4.69, 9.17) is 14.3 Å². The number of carbonyl (C=O) groups is 1. The van der Waals surface area contributed by atoms with Gasteiger partial charge in [-0.2, -0.15) is 0 Å². The predicted molar refractivity (Wildman–Crippen MR) is 104 cm³/mol. The molecule has 25 heavy (non-hydrogen) atoms. The molecule has 1 amide bonds. The highest BCUT2D eigenvalue weighted by Gasteiger charge is 2.13. The van der Waals surface area contributed by atoms with Crippen LogP contribution in [0.1, 0.15) is 16.1 Å². The first-order valence-corrected chi connectivity index (χ1v) is 8.63. The maximum atomic E-state index is 12.5. The van der Waals surface area contributed by atoms with Crippen molar-refractivity contribution in [2.45, 2.75) is 6.61 Å². The third-order valence-corrected chi connectivity index (χ3v) is 4.38. The first-order chi connectivity index (χ1) is 12.1. The zero-order valence-corrected chi connectivity index (χ0v) is 15.6. The molecule has 2 aromatic carbocycles. The summed E-state index contributed by atoms with van der Waals surface area (Å²) in [6.45, 7) is -0.160. The molecule has 6 heteroatoms. The second-order valence-electron chi connectivity index (χ2n) is 5.30. The third-order valence-electron chi connectivity index (χ3n) is 3.66. The van der Waals surface area contributed by atoms with Crippen molar-refractivity contribution in [2.75, 3.05) is 12.4 Å². The lowest BCUT2D eigenvalue weighted by Crippen LogP contribution is -2.12. The van der Waals surface area contributed by atoms with Crippen molar-refractivity contribution in [1.29, 1.82) is 0 Å². The van der Waals surface area contributed by atoms with Crippen LogP contribution in [0.25, 0.3) is 11.3 Å². The van der Waals surface area contributed by atoms with Gasteiger partial charge in [0, 0.05) is 14.7 Å². The SMILES string of the molecule is COc1ccc(-c2ccc(CO)o2)cc1NC(=O)c1ccc(I)cc1. The lowest BCUT2D eigenvalue weighted by Gasteiger charge is -2.11. The Bertz CT molecular complexity index is 887. The number of amides is 1. The van der Waals surface area contributed by atoms with Crippen LogP contribution >= 0.6 is 22.6 Å². The number of aliphatic hydroxyl groups excluding tert-OH is 1. The molecule has 0 atom stereocenters. The minimum absolute atomic E-state index is 0.160. The van der Waals surface area contributed by atoms with Gasteiger partial charge in [-0.3, -0.25) is 4.79 Å². The van der Waals surface area contributed by atoms with Crippen molar-refractivity contribution >= 4 is 34.2 Å². The van der Waals surface area contributed by atoms with Crippen molar-refractivity contribution in [3.05, 3.63) is 69.5 Å². The summed E-state index contributed by atoms with van der Waals surface area (Å²) in [5.74, 6) is 1.42. The average molecular weight is 449 g/mol. The number of halogens is 1. The molecule has 5 nitrogen and oxygen atoms in total. The fourth-order valence-electron chi connectivity index (χ4n) is 2.37. The Morgan fingerprint density at radius 1 is 1.16 bits per heavy atom. The van der Waals surface area contributed by atoms with Crippen molar-refractivity contribution in [2.24, 2.45) is 0 Å². The summed E-state index contributed by atoms with van der Waals surface area (Å²) in [6, 6.07) is 16.2.